The molecule has 0 fully saturated rings. The van der Waals surface area contributed by atoms with Crippen molar-refractivity contribution in [3.05, 3.63) is 48.0 Å². The number of aryl methyl sites for hydroxylation is 1. The molecule has 0 bridgehead atoms. The molecule has 3 rings (SSSR count). The topological polar surface area (TPSA) is 74.2 Å². The maximum Gasteiger partial charge on any atom is 0.258 e. The first kappa shape index (κ1) is 13.2. The molecule has 0 aliphatic carbocycles. The highest BCUT2D eigenvalue weighted by Gasteiger charge is 2.11. The molecule has 1 aromatic heterocycles. The van der Waals surface area contributed by atoms with Crippen LogP contribution < -0.4 is 10.5 Å². The van der Waals surface area contributed by atoms with Crippen molar-refractivity contribution < 1.29 is 9.26 Å². The lowest BCUT2D eigenvalue weighted by molar-refractivity contribution is 0.415. The van der Waals surface area contributed by atoms with Crippen molar-refractivity contribution in [1.29, 1.82) is 0 Å². The summed E-state index contributed by atoms with van der Waals surface area (Å²) in [5, 5.41) is 4.00. The van der Waals surface area contributed by atoms with E-state index in [2.05, 4.69) is 10.1 Å². The van der Waals surface area contributed by atoms with Crippen LogP contribution in [0.25, 0.3) is 22.8 Å². The Hall–Kier alpha value is -2.82. The smallest absolute Gasteiger partial charge is 0.258 e. The molecule has 0 saturated heterocycles. The largest absolute Gasteiger partial charge is 0.497 e. The molecule has 3 aromatic rings. The molecular formula is C16H15N3O2. The number of benzene rings is 2. The SMILES string of the molecule is COc1ccc(-c2noc(-c3ccc(C)c(N)c3)n2)cc1. The van der Waals surface area contributed by atoms with Gasteiger partial charge in [-0.05, 0) is 48.9 Å². The lowest BCUT2D eigenvalue weighted by Crippen LogP contribution is -1.90. The van der Waals surface area contributed by atoms with Crippen molar-refractivity contribution in [3.8, 4) is 28.6 Å². The van der Waals surface area contributed by atoms with E-state index in [1.54, 1.807) is 7.11 Å². The average molecular weight is 281 g/mol. The zero-order valence-electron chi connectivity index (χ0n) is 11.8. The number of hydrogen-bond donors (Lipinski definition) is 1. The number of anilines is 1. The van der Waals surface area contributed by atoms with Crippen LogP contribution in [-0.4, -0.2) is 17.3 Å². The molecule has 2 N–H and O–H groups in total. The first-order chi connectivity index (χ1) is 10.2. The van der Waals surface area contributed by atoms with Gasteiger partial charge in [0.25, 0.3) is 5.89 Å². The van der Waals surface area contributed by atoms with Gasteiger partial charge in [0, 0.05) is 16.8 Å². The van der Waals surface area contributed by atoms with Crippen LogP contribution in [0.5, 0.6) is 5.75 Å². The third-order valence-electron chi connectivity index (χ3n) is 3.30. The van der Waals surface area contributed by atoms with Gasteiger partial charge in [-0.1, -0.05) is 11.2 Å². The van der Waals surface area contributed by atoms with Crippen LogP contribution >= 0.6 is 0 Å². The van der Waals surface area contributed by atoms with Gasteiger partial charge in [-0.15, -0.1) is 0 Å². The summed E-state index contributed by atoms with van der Waals surface area (Å²) in [5.41, 5.74) is 9.31. The van der Waals surface area contributed by atoms with Gasteiger partial charge in [-0.2, -0.15) is 4.98 Å². The molecule has 21 heavy (non-hydrogen) atoms. The maximum absolute atomic E-state index is 5.90. The third kappa shape index (κ3) is 2.58. The quantitative estimate of drug-likeness (QED) is 0.745. The van der Waals surface area contributed by atoms with Crippen molar-refractivity contribution in [2.24, 2.45) is 0 Å². The number of hydrogen-bond acceptors (Lipinski definition) is 5. The van der Waals surface area contributed by atoms with Gasteiger partial charge in [0.15, 0.2) is 0 Å². The number of rotatable bonds is 3. The molecule has 0 spiro atoms. The second-order valence-electron chi connectivity index (χ2n) is 4.72. The Morgan fingerprint density at radius 2 is 1.76 bits per heavy atom. The summed E-state index contributed by atoms with van der Waals surface area (Å²) in [7, 11) is 1.63. The molecule has 0 saturated carbocycles. The molecular weight excluding hydrogens is 266 g/mol. The minimum absolute atomic E-state index is 0.451. The van der Waals surface area contributed by atoms with E-state index in [0.29, 0.717) is 17.4 Å². The van der Waals surface area contributed by atoms with Gasteiger partial charge < -0.3 is 15.0 Å². The van der Waals surface area contributed by atoms with Crippen LogP contribution in [0, 0.1) is 6.92 Å². The fourth-order valence-corrected chi connectivity index (χ4v) is 1.97. The molecule has 0 atom stereocenters. The molecule has 0 aliphatic rings. The van der Waals surface area contributed by atoms with E-state index in [0.717, 1.165) is 22.4 Å². The summed E-state index contributed by atoms with van der Waals surface area (Å²) in [5.74, 6) is 1.77. The van der Waals surface area contributed by atoms with Crippen molar-refractivity contribution in [3.63, 3.8) is 0 Å². The standard InChI is InChI=1S/C16H15N3O2/c1-10-3-4-12(9-14(10)17)16-18-15(19-21-16)11-5-7-13(20-2)8-6-11/h3-9H,17H2,1-2H3. The molecule has 5 nitrogen and oxygen atoms in total. The summed E-state index contributed by atoms with van der Waals surface area (Å²) in [6, 6.07) is 13.2. The molecule has 2 aromatic carbocycles. The molecule has 0 amide bonds. The van der Waals surface area contributed by atoms with Crippen LogP contribution in [0.3, 0.4) is 0 Å². The van der Waals surface area contributed by atoms with E-state index < -0.39 is 0 Å². The first-order valence-electron chi connectivity index (χ1n) is 6.52. The number of methoxy groups -OCH3 is 1. The van der Waals surface area contributed by atoms with E-state index in [1.807, 2.05) is 49.4 Å². The van der Waals surface area contributed by atoms with Crippen LogP contribution in [0.1, 0.15) is 5.56 Å². The Morgan fingerprint density at radius 3 is 2.43 bits per heavy atom. The van der Waals surface area contributed by atoms with E-state index in [-0.39, 0.29) is 0 Å². The van der Waals surface area contributed by atoms with Gasteiger partial charge in [-0.3, -0.25) is 0 Å². The number of ether oxygens (including phenoxy) is 1. The summed E-state index contributed by atoms with van der Waals surface area (Å²) in [6.45, 7) is 1.95. The Labute approximate surface area is 122 Å². The monoisotopic (exact) mass is 281 g/mol. The minimum Gasteiger partial charge on any atom is -0.497 e. The van der Waals surface area contributed by atoms with Crippen molar-refractivity contribution in [1.82, 2.24) is 10.1 Å². The van der Waals surface area contributed by atoms with Gasteiger partial charge in [-0.25, -0.2) is 0 Å². The van der Waals surface area contributed by atoms with Crippen LogP contribution in [0.4, 0.5) is 5.69 Å². The molecule has 106 valence electrons. The first-order valence-corrected chi connectivity index (χ1v) is 6.52. The highest BCUT2D eigenvalue weighted by atomic mass is 16.5. The maximum atomic E-state index is 5.90. The highest BCUT2D eigenvalue weighted by Crippen LogP contribution is 2.25. The van der Waals surface area contributed by atoms with E-state index in [9.17, 15) is 0 Å². The Balaban J connectivity index is 1.93. The van der Waals surface area contributed by atoms with Gasteiger partial charge in [0.1, 0.15) is 5.75 Å². The highest BCUT2D eigenvalue weighted by molar-refractivity contribution is 5.65. The second-order valence-corrected chi connectivity index (χ2v) is 4.72. The van der Waals surface area contributed by atoms with E-state index in [4.69, 9.17) is 15.0 Å². The number of nitrogens with zero attached hydrogens (tertiary/aromatic N) is 2. The summed E-state index contributed by atoms with van der Waals surface area (Å²) >= 11 is 0. The van der Waals surface area contributed by atoms with E-state index >= 15 is 0 Å². The summed E-state index contributed by atoms with van der Waals surface area (Å²) in [4.78, 5) is 4.40. The van der Waals surface area contributed by atoms with Gasteiger partial charge in [0.05, 0.1) is 7.11 Å². The third-order valence-corrected chi connectivity index (χ3v) is 3.30. The zero-order chi connectivity index (χ0) is 14.8. The second kappa shape index (κ2) is 5.28. The normalized spacial score (nSPS) is 10.6. The van der Waals surface area contributed by atoms with Crippen molar-refractivity contribution in [2.45, 2.75) is 6.92 Å². The predicted molar refractivity (Wildman–Crippen MR) is 80.9 cm³/mol. The Morgan fingerprint density at radius 1 is 1.05 bits per heavy atom. The minimum atomic E-state index is 0.451. The lowest BCUT2D eigenvalue weighted by Gasteiger charge is -2.00. The zero-order valence-corrected chi connectivity index (χ0v) is 11.8. The fraction of sp³-hybridized carbons (Fsp3) is 0.125. The van der Waals surface area contributed by atoms with Gasteiger partial charge >= 0.3 is 0 Å². The van der Waals surface area contributed by atoms with E-state index in [1.165, 1.54) is 0 Å². The molecule has 5 heteroatoms. The molecule has 0 unspecified atom stereocenters. The predicted octanol–water partition coefficient (Wildman–Crippen LogP) is 3.30. The molecule has 0 aliphatic heterocycles. The number of nitrogens with two attached hydrogens (primary N) is 1. The van der Waals surface area contributed by atoms with Crippen LogP contribution in [-0.2, 0) is 0 Å². The summed E-state index contributed by atoms with van der Waals surface area (Å²) in [6.07, 6.45) is 0. The average Bonchev–Trinajstić information content (AvgIpc) is 3.00. The Kier molecular flexibility index (Phi) is 3.31. The van der Waals surface area contributed by atoms with Crippen molar-refractivity contribution in [2.75, 3.05) is 12.8 Å². The lowest BCUT2D eigenvalue weighted by atomic mass is 10.1. The number of aromatic nitrogens is 2. The summed E-state index contributed by atoms with van der Waals surface area (Å²) < 4.78 is 10.4. The molecule has 1 heterocycles. The molecule has 0 radical (unpaired) electrons. The Bertz CT molecular complexity index is 763. The van der Waals surface area contributed by atoms with Gasteiger partial charge in [0.2, 0.25) is 5.82 Å². The van der Waals surface area contributed by atoms with Crippen LogP contribution in [0.15, 0.2) is 47.0 Å². The fourth-order valence-electron chi connectivity index (χ4n) is 1.97. The van der Waals surface area contributed by atoms with Crippen molar-refractivity contribution >= 4 is 5.69 Å². The number of nitrogen functional groups attached to an aromatic ring is 1. The van der Waals surface area contributed by atoms with Crippen LogP contribution in [0.2, 0.25) is 0 Å².